The van der Waals surface area contributed by atoms with E-state index in [-0.39, 0.29) is 7.12 Å². The molecule has 0 radical (unpaired) electrons. The van der Waals surface area contributed by atoms with Gasteiger partial charge in [0, 0.05) is 30.7 Å². The van der Waals surface area contributed by atoms with Crippen molar-refractivity contribution in [3.63, 3.8) is 0 Å². The minimum Gasteiger partial charge on any atom is -0.410 e. The predicted octanol–water partition coefficient (Wildman–Crippen LogP) is 1.78. The molecule has 0 fully saturated rings. The van der Waals surface area contributed by atoms with E-state index in [0.29, 0.717) is 0 Å². The third kappa shape index (κ3) is 2.24. The van der Waals surface area contributed by atoms with Gasteiger partial charge in [-0.05, 0) is 18.5 Å². The molecule has 0 spiro atoms. The third-order valence-corrected chi connectivity index (χ3v) is 3.97. The van der Waals surface area contributed by atoms with E-state index >= 15 is 0 Å². The fraction of sp³-hybridized carbons (Fsp3) is 0.231. The highest BCUT2D eigenvalue weighted by atomic mass is 32.1. The van der Waals surface area contributed by atoms with Crippen molar-refractivity contribution in [2.75, 3.05) is 14.2 Å². The topological polar surface area (TPSA) is 49.2 Å². The molecular formula is C13H14BN3O2S. The molecule has 0 N–H and O–H groups in total. The van der Waals surface area contributed by atoms with Gasteiger partial charge in [0.25, 0.3) is 0 Å². The Morgan fingerprint density at radius 2 is 2.00 bits per heavy atom. The fourth-order valence-corrected chi connectivity index (χ4v) is 2.87. The molecule has 0 aliphatic heterocycles. The van der Waals surface area contributed by atoms with Gasteiger partial charge in [-0.2, -0.15) is 5.10 Å². The average molecular weight is 287 g/mol. The van der Waals surface area contributed by atoms with Gasteiger partial charge in [0.05, 0.1) is 11.7 Å². The van der Waals surface area contributed by atoms with Crippen LogP contribution in [0.1, 0.15) is 4.88 Å². The van der Waals surface area contributed by atoms with Crippen LogP contribution in [-0.4, -0.2) is 36.1 Å². The van der Waals surface area contributed by atoms with Gasteiger partial charge in [-0.15, -0.1) is 11.3 Å². The van der Waals surface area contributed by atoms with E-state index in [2.05, 4.69) is 10.1 Å². The van der Waals surface area contributed by atoms with Gasteiger partial charge >= 0.3 is 7.12 Å². The van der Waals surface area contributed by atoms with E-state index in [9.17, 15) is 0 Å². The lowest BCUT2D eigenvalue weighted by Gasteiger charge is -2.09. The third-order valence-electron chi connectivity index (χ3n) is 3.09. The van der Waals surface area contributed by atoms with Gasteiger partial charge in [0.1, 0.15) is 0 Å². The van der Waals surface area contributed by atoms with E-state index in [0.717, 1.165) is 26.4 Å². The van der Waals surface area contributed by atoms with Crippen LogP contribution in [0.25, 0.3) is 16.0 Å². The molecule has 0 amide bonds. The number of aromatic nitrogens is 3. The van der Waals surface area contributed by atoms with Crippen LogP contribution in [0.15, 0.2) is 30.6 Å². The van der Waals surface area contributed by atoms with Crippen molar-refractivity contribution in [1.29, 1.82) is 0 Å². The molecule has 0 aliphatic rings. The minimum atomic E-state index is -0.374. The lowest BCUT2D eigenvalue weighted by molar-refractivity contribution is 0.292. The van der Waals surface area contributed by atoms with Crippen LogP contribution in [0.4, 0.5) is 0 Å². The largest absolute Gasteiger partial charge is 0.493 e. The van der Waals surface area contributed by atoms with Gasteiger partial charge < -0.3 is 9.31 Å². The van der Waals surface area contributed by atoms with E-state index in [1.165, 1.54) is 0 Å². The number of aryl methyl sites for hydroxylation is 1. The Morgan fingerprint density at radius 3 is 2.65 bits per heavy atom. The second-order valence-electron chi connectivity index (χ2n) is 4.43. The Morgan fingerprint density at radius 1 is 1.20 bits per heavy atom. The number of thiazole rings is 1. The molecular weight excluding hydrogens is 273 g/mol. The Bertz CT molecular complexity index is 736. The lowest BCUT2D eigenvalue weighted by Crippen LogP contribution is -2.34. The van der Waals surface area contributed by atoms with Crippen molar-refractivity contribution in [2.45, 2.75) is 6.92 Å². The molecule has 3 rings (SSSR count). The standard InChI is InChI=1S/C13H14BN3O2S/c1-9-7-15-13(20-9)17-12-6-11(14(18-2)19-3)5-4-10(12)8-16-17/h4-8H,1-3H3. The van der Waals surface area contributed by atoms with Crippen LogP contribution in [0.3, 0.4) is 0 Å². The van der Waals surface area contributed by atoms with Crippen molar-refractivity contribution in [1.82, 2.24) is 14.8 Å². The minimum absolute atomic E-state index is 0.374. The molecule has 0 saturated carbocycles. The maximum absolute atomic E-state index is 5.30. The molecule has 7 heteroatoms. The summed E-state index contributed by atoms with van der Waals surface area (Å²) in [5.74, 6) is 0. The lowest BCUT2D eigenvalue weighted by atomic mass is 9.79. The van der Waals surface area contributed by atoms with Gasteiger partial charge in [-0.1, -0.05) is 12.1 Å². The molecule has 0 atom stereocenters. The highest BCUT2D eigenvalue weighted by Crippen LogP contribution is 2.21. The summed E-state index contributed by atoms with van der Waals surface area (Å²) in [4.78, 5) is 5.54. The predicted molar refractivity (Wildman–Crippen MR) is 80.9 cm³/mol. The smallest absolute Gasteiger partial charge is 0.410 e. The SMILES string of the molecule is COB(OC)c1ccc2cnn(-c3ncc(C)s3)c2c1. The second-order valence-corrected chi connectivity index (χ2v) is 5.64. The van der Waals surface area contributed by atoms with Crippen molar-refractivity contribution in [3.8, 4) is 5.13 Å². The van der Waals surface area contributed by atoms with Crippen molar-refractivity contribution >= 4 is 34.8 Å². The van der Waals surface area contributed by atoms with Crippen molar-refractivity contribution in [2.24, 2.45) is 0 Å². The Balaban J connectivity index is 2.12. The number of rotatable bonds is 4. The molecule has 2 aromatic heterocycles. The summed E-state index contributed by atoms with van der Waals surface area (Å²) < 4.78 is 12.4. The zero-order chi connectivity index (χ0) is 14.1. The summed E-state index contributed by atoms with van der Waals surface area (Å²) in [6.45, 7) is 2.03. The van der Waals surface area contributed by atoms with E-state index in [4.69, 9.17) is 9.31 Å². The van der Waals surface area contributed by atoms with Crippen LogP contribution >= 0.6 is 11.3 Å². The number of hydrogen-bond donors (Lipinski definition) is 0. The number of fused-ring (bicyclic) bond motifs is 1. The van der Waals surface area contributed by atoms with E-state index < -0.39 is 0 Å². The summed E-state index contributed by atoms with van der Waals surface area (Å²) in [5.41, 5.74) is 1.95. The zero-order valence-electron chi connectivity index (χ0n) is 11.5. The summed E-state index contributed by atoms with van der Waals surface area (Å²) in [6.07, 6.45) is 3.69. The summed E-state index contributed by atoms with van der Waals surface area (Å²) in [6, 6.07) is 6.02. The molecule has 0 aliphatic carbocycles. The van der Waals surface area contributed by atoms with Crippen molar-refractivity contribution < 1.29 is 9.31 Å². The first kappa shape index (κ1) is 13.3. The zero-order valence-corrected chi connectivity index (χ0v) is 12.3. The van der Waals surface area contributed by atoms with E-state index in [1.54, 1.807) is 25.6 Å². The van der Waals surface area contributed by atoms with Crippen LogP contribution in [0.2, 0.25) is 0 Å². The first-order valence-electron chi connectivity index (χ1n) is 6.19. The van der Waals surface area contributed by atoms with Crippen molar-refractivity contribution in [3.05, 3.63) is 35.5 Å². The second kappa shape index (κ2) is 5.36. The van der Waals surface area contributed by atoms with Gasteiger partial charge in [0.2, 0.25) is 5.13 Å². The maximum Gasteiger partial charge on any atom is 0.493 e. The molecule has 0 unspecified atom stereocenters. The summed E-state index contributed by atoms with van der Waals surface area (Å²) in [7, 11) is 2.88. The molecule has 2 heterocycles. The van der Waals surface area contributed by atoms with Crippen LogP contribution in [0, 0.1) is 6.92 Å². The quantitative estimate of drug-likeness (QED) is 0.686. The summed E-state index contributed by atoms with van der Waals surface area (Å²) in [5, 5.41) is 6.34. The molecule has 102 valence electrons. The highest BCUT2D eigenvalue weighted by Gasteiger charge is 2.19. The Kier molecular flexibility index (Phi) is 3.56. The van der Waals surface area contributed by atoms with Gasteiger partial charge in [-0.3, -0.25) is 0 Å². The highest BCUT2D eigenvalue weighted by molar-refractivity contribution is 7.14. The van der Waals surface area contributed by atoms with Crippen LogP contribution in [-0.2, 0) is 9.31 Å². The first-order valence-corrected chi connectivity index (χ1v) is 7.00. The molecule has 0 saturated heterocycles. The average Bonchev–Trinajstić information content (AvgIpc) is 3.05. The van der Waals surface area contributed by atoms with Crippen LogP contribution < -0.4 is 5.46 Å². The molecule has 1 aromatic carbocycles. The number of benzene rings is 1. The van der Waals surface area contributed by atoms with Gasteiger partial charge in [0.15, 0.2) is 0 Å². The summed E-state index contributed by atoms with van der Waals surface area (Å²) >= 11 is 1.61. The molecule has 3 aromatic rings. The normalized spacial score (nSPS) is 11.2. The number of nitrogens with zero attached hydrogens (tertiary/aromatic N) is 3. The Labute approximate surface area is 121 Å². The monoisotopic (exact) mass is 287 g/mol. The maximum atomic E-state index is 5.30. The van der Waals surface area contributed by atoms with E-state index in [1.807, 2.05) is 42.2 Å². The van der Waals surface area contributed by atoms with Gasteiger partial charge in [-0.25, -0.2) is 9.67 Å². The molecule has 0 bridgehead atoms. The first-order chi connectivity index (χ1) is 9.72. The Hall–Kier alpha value is -1.70. The fourth-order valence-electron chi connectivity index (χ4n) is 2.14. The molecule has 20 heavy (non-hydrogen) atoms. The number of hydrogen-bond acceptors (Lipinski definition) is 5. The van der Waals surface area contributed by atoms with Crippen LogP contribution in [0.5, 0.6) is 0 Å². The molecule has 5 nitrogen and oxygen atoms in total.